The van der Waals surface area contributed by atoms with Crippen molar-refractivity contribution in [1.82, 2.24) is 0 Å². The molecular weight excluding hydrogens is 356 g/mol. The first-order valence-corrected chi connectivity index (χ1v) is 9.28. The molecular formula is C23H20O5. The predicted octanol–water partition coefficient (Wildman–Crippen LogP) is 4.39. The van der Waals surface area contributed by atoms with Gasteiger partial charge in [0, 0.05) is 5.56 Å². The van der Waals surface area contributed by atoms with Crippen LogP contribution in [0.4, 0.5) is 0 Å². The number of hydrogen-bond acceptors (Lipinski definition) is 5. The lowest BCUT2D eigenvalue weighted by molar-refractivity contribution is 0.0440. The van der Waals surface area contributed by atoms with Gasteiger partial charge in [-0.25, -0.2) is 4.79 Å². The summed E-state index contributed by atoms with van der Waals surface area (Å²) in [6.45, 7) is -0.112. The van der Waals surface area contributed by atoms with Crippen LogP contribution in [0.15, 0.2) is 65.1 Å². The molecule has 0 saturated heterocycles. The van der Waals surface area contributed by atoms with Gasteiger partial charge in [-0.2, -0.15) is 0 Å². The number of hydrogen-bond donors (Lipinski definition) is 0. The smallest absolute Gasteiger partial charge is 0.374 e. The molecule has 1 heterocycles. The molecule has 1 aliphatic carbocycles. The van der Waals surface area contributed by atoms with E-state index in [0.717, 1.165) is 19.3 Å². The van der Waals surface area contributed by atoms with Crippen molar-refractivity contribution >= 4 is 11.8 Å². The molecule has 0 aliphatic heterocycles. The first kappa shape index (κ1) is 18.0. The lowest BCUT2D eigenvalue weighted by Crippen LogP contribution is -2.14. The van der Waals surface area contributed by atoms with Crippen LogP contribution in [0.25, 0.3) is 0 Å². The van der Waals surface area contributed by atoms with Crippen LogP contribution in [0.5, 0.6) is 5.75 Å². The molecule has 3 aromatic rings. The lowest BCUT2D eigenvalue weighted by Gasteiger charge is -2.05. The van der Waals surface area contributed by atoms with E-state index in [4.69, 9.17) is 13.9 Å². The second-order valence-corrected chi connectivity index (χ2v) is 6.70. The number of fused-ring (bicyclic) bond motifs is 1. The maximum absolute atomic E-state index is 12.3. The van der Waals surface area contributed by atoms with Crippen LogP contribution >= 0.6 is 0 Å². The van der Waals surface area contributed by atoms with Crippen molar-refractivity contribution in [3.05, 3.63) is 88.9 Å². The van der Waals surface area contributed by atoms with Gasteiger partial charge in [0.1, 0.15) is 18.1 Å². The van der Waals surface area contributed by atoms with Crippen LogP contribution in [-0.2, 0) is 24.2 Å². The average molecular weight is 376 g/mol. The highest BCUT2D eigenvalue weighted by Gasteiger charge is 2.18. The molecule has 0 N–H and O–H groups in total. The summed E-state index contributed by atoms with van der Waals surface area (Å²) < 4.78 is 16.1. The van der Waals surface area contributed by atoms with Crippen LogP contribution in [0.2, 0.25) is 0 Å². The number of ketones is 1. The Kier molecular flexibility index (Phi) is 5.24. The number of para-hydroxylation sites is 1. The van der Waals surface area contributed by atoms with E-state index >= 15 is 0 Å². The number of Topliss-reactive ketones (excluding diaryl/α,β-unsaturated/α-hetero) is 1. The first-order valence-electron chi connectivity index (χ1n) is 9.28. The van der Waals surface area contributed by atoms with E-state index in [0.29, 0.717) is 17.1 Å². The fourth-order valence-electron chi connectivity index (χ4n) is 3.27. The van der Waals surface area contributed by atoms with E-state index in [9.17, 15) is 9.59 Å². The Morgan fingerprint density at radius 1 is 0.929 bits per heavy atom. The number of benzene rings is 2. The van der Waals surface area contributed by atoms with Gasteiger partial charge in [-0.3, -0.25) is 4.79 Å². The summed E-state index contributed by atoms with van der Waals surface area (Å²) >= 11 is 0. The summed E-state index contributed by atoms with van der Waals surface area (Å²) in [5.74, 6) is 0.375. The van der Waals surface area contributed by atoms with Gasteiger partial charge in [-0.15, -0.1) is 0 Å². The van der Waals surface area contributed by atoms with E-state index in [1.54, 1.807) is 12.1 Å². The van der Waals surface area contributed by atoms with Gasteiger partial charge in [0.2, 0.25) is 5.76 Å². The molecule has 0 fully saturated rings. The number of ether oxygens (including phenoxy) is 2. The molecule has 2 aromatic carbocycles. The van der Waals surface area contributed by atoms with Crippen molar-refractivity contribution in [2.24, 2.45) is 0 Å². The largest absolute Gasteiger partial charge is 0.486 e. The SMILES string of the molecule is O=C(COC(=O)c1ccc(COc2ccccc2)o1)c1ccc2c(c1)CCC2. The molecule has 0 spiro atoms. The number of carbonyl (C=O) groups is 2. The third-order valence-electron chi connectivity index (χ3n) is 4.74. The van der Waals surface area contributed by atoms with Crippen LogP contribution < -0.4 is 4.74 Å². The molecule has 1 aliphatic rings. The van der Waals surface area contributed by atoms with Gasteiger partial charge in [0.25, 0.3) is 0 Å². The predicted molar refractivity (Wildman–Crippen MR) is 103 cm³/mol. The summed E-state index contributed by atoms with van der Waals surface area (Å²) in [6.07, 6.45) is 3.18. The van der Waals surface area contributed by atoms with E-state index in [1.165, 1.54) is 17.2 Å². The molecule has 0 bridgehead atoms. The number of rotatable bonds is 7. The minimum absolute atomic E-state index is 0.0495. The third-order valence-corrected chi connectivity index (χ3v) is 4.74. The molecule has 0 atom stereocenters. The maximum Gasteiger partial charge on any atom is 0.374 e. The number of carbonyl (C=O) groups excluding carboxylic acids is 2. The van der Waals surface area contributed by atoms with Crippen molar-refractivity contribution in [3.8, 4) is 5.75 Å². The Morgan fingerprint density at radius 2 is 1.75 bits per heavy atom. The number of aryl methyl sites for hydroxylation is 2. The van der Waals surface area contributed by atoms with E-state index in [2.05, 4.69) is 0 Å². The number of esters is 1. The Morgan fingerprint density at radius 3 is 2.61 bits per heavy atom. The molecule has 5 heteroatoms. The Labute approximate surface area is 162 Å². The zero-order chi connectivity index (χ0) is 19.3. The van der Waals surface area contributed by atoms with Gasteiger partial charge in [-0.05, 0) is 60.7 Å². The highest BCUT2D eigenvalue weighted by atomic mass is 16.5. The topological polar surface area (TPSA) is 65.7 Å². The van der Waals surface area contributed by atoms with E-state index in [1.807, 2.05) is 42.5 Å². The van der Waals surface area contributed by atoms with Crippen molar-refractivity contribution in [3.63, 3.8) is 0 Å². The lowest BCUT2D eigenvalue weighted by atomic mass is 10.0. The minimum Gasteiger partial charge on any atom is -0.486 e. The summed E-state index contributed by atoms with van der Waals surface area (Å²) in [5.41, 5.74) is 3.09. The van der Waals surface area contributed by atoms with Crippen molar-refractivity contribution in [1.29, 1.82) is 0 Å². The maximum atomic E-state index is 12.3. The standard InChI is InChI=1S/C23H20O5/c24-21(18-10-9-16-5-4-6-17(16)13-18)15-27-23(25)22-12-11-20(28-22)14-26-19-7-2-1-3-8-19/h1-3,7-13H,4-6,14-15H2. The molecule has 5 nitrogen and oxygen atoms in total. The quantitative estimate of drug-likeness (QED) is 0.452. The van der Waals surface area contributed by atoms with Gasteiger partial charge < -0.3 is 13.9 Å². The van der Waals surface area contributed by atoms with Crippen molar-refractivity contribution in [2.75, 3.05) is 6.61 Å². The third kappa shape index (κ3) is 4.14. The molecule has 28 heavy (non-hydrogen) atoms. The van der Waals surface area contributed by atoms with Crippen LogP contribution in [0.1, 0.15) is 44.2 Å². The molecule has 142 valence electrons. The Bertz CT molecular complexity index is 987. The Hall–Kier alpha value is -3.34. The summed E-state index contributed by atoms with van der Waals surface area (Å²) in [5, 5.41) is 0. The highest BCUT2D eigenvalue weighted by Crippen LogP contribution is 2.23. The van der Waals surface area contributed by atoms with Crippen molar-refractivity contribution in [2.45, 2.75) is 25.9 Å². The van der Waals surface area contributed by atoms with Crippen LogP contribution in [0, 0.1) is 0 Å². The summed E-state index contributed by atoms with van der Waals surface area (Å²) in [7, 11) is 0. The zero-order valence-electron chi connectivity index (χ0n) is 15.4. The van der Waals surface area contributed by atoms with E-state index in [-0.39, 0.29) is 24.8 Å². The van der Waals surface area contributed by atoms with E-state index < -0.39 is 5.97 Å². The molecule has 0 amide bonds. The first-order chi connectivity index (χ1) is 13.7. The van der Waals surface area contributed by atoms with Gasteiger partial charge in [0.05, 0.1) is 0 Å². The number of furan rings is 1. The van der Waals surface area contributed by atoms with Crippen LogP contribution in [0.3, 0.4) is 0 Å². The van der Waals surface area contributed by atoms with Gasteiger partial charge >= 0.3 is 5.97 Å². The monoisotopic (exact) mass is 376 g/mol. The summed E-state index contributed by atoms with van der Waals surface area (Å²) in [4.78, 5) is 24.5. The molecule has 4 rings (SSSR count). The van der Waals surface area contributed by atoms with Gasteiger partial charge in [-0.1, -0.05) is 30.3 Å². The average Bonchev–Trinajstić information content (AvgIpc) is 3.39. The minimum atomic E-state index is -0.666. The fourth-order valence-corrected chi connectivity index (χ4v) is 3.27. The normalized spacial score (nSPS) is 12.4. The van der Waals surface area contributed by atoms with Crippen molar-refractivity contribution < 1.29 is 23.5 Å². The second-order valence-electron chi connectivity index (χ2n) is 6.70. The molecule has 0 radical (unpaired) electrons. The summed E-state index contributed by atoms with van der Waals surface area (Å²) in [6, 6.07) is 18.2. The molecule has 0 saturated carbocycles. The Balaban J connectivity index is 1.30. The molecule has 1 aromatic heterocycles. The fraction of sp³-hybridized carbons (Fsp3) is 0.217. The molecule has 0 unspecified atom stereocenters. The highest BCUT2D eigenvalue weighted by molar-refractivity contribution is 5.99. The van der Waals surface area contributed by atoms with Crippen LogP contribution in [-0.4, -0.2) is 18.4 Å². The zero-order valence-corrected chi connectivity index (χ0v) is 15.4. The van der Waals surface area contributed by atoms with Gasteiger partial charge in [0.15, 0.2) is 12.4 Å². The second kappa shape index (κ2) is 8.13.